The van der Waals surface area contributed by atoms with Crippen molar-refractivity contribution in [1.82, 2.24) is 4.90 Å². The first-order valence-electron chi connectivity index (χ1n) is 6.11. The van der Waals surface area contributed by atoms with E-state index in [9.17, 15) is 4.79 Å². The van der Waals surface area contributed by atoms with E-state index in [-0.39, 0.29) is 18.0 Å². The third-order valence-electron chi connectivity index (χ3n) is 3.15. The molecule has 2 atom stereocenters. The average Bonchev–Trinajstić information content (AvgIpc) is 2.30. The van der Waals surface area contributed by atoms with Crippen LogP contribution in [-0.2, 0) is 16.0 Å². The van der Waals surface area contributed by atoms with E-state index in [1.54, 1.807) is 0 Å². The van der Waals surface area contributed by atoms with Gasteiger partial charge in [-0.05, 0) is 19.4 Å². The Labute approximate surface area is 102 Å². The number of benzene rings is 1. The van der Waals surface area contributed by atoms with Crippen molar-refractivity contribution in [3.05, 3.63) is 35.9 Å². The molecule has 1 aliphatic heterocycles. The molecule has 2 rings (SSSR count). The number of rotatable bonds is 2. The van der Waals surface area contributed by atoms with Crippen LogP contribution >= 0.6 is 0 Å². The fraction of sp³-hybridized carbons (Fsp3) is 0.500. The zero-order chi connectivity index (χ0) is 12.3. The fourth-order valence-corrected chi connectivity index (χ4v) is 2.36. The summed E-state index contributed by atoms with van der Waals surface area (Å²) in [5, 5.41) is 0. The van der Waals surface area contributed by atoms with Gasteiger partial charge in [0, 0.05) is 0 Å². The highest BCUT2D eigenvalue weighted by Gasteiger charge is 2.29. The van der Waals surface area contributed by atoms with Crippen molar-refractivity contribution >= 4 is 5.91 Å². The molecule has 1 heterocycles. The van der Waals surface area contributed by atoms with Crippen LogP contribution in [0.15, 0.2) is 30.3 Å². The van der Waals surface area contributed by atoms with Crippen LogP contribution in [0.2, 0.25) is 0 Å². The highest BCUT2D eigenvalue weighted by molar-refractivity contribution is 5.79. The van der Waals surface area contributed by atoms with Crippen LogP contribution < -0.4 is 0 Å². The third kappa shape index (κ3) is 2.86. The largest absolute Gasteiger partial charge is 0.377 e. The maximum atomic E-state index is 12.3. The molecule has 3 nitrogen and oxygen atoms in total. The number of nitrogens with zero attached hydrogens (tertiary/aromatic N) is 1. The van der Waals surface area contributed by atoms with Crippen molar-refractivity contribution in [2.75, 3.05) is 13.2 Å². The lowest BCUT2D eigenvalue weighted by molar-refractivity contribution is -0.143. The molecule has 2 unspecified atom stereocenters. The Balaban J connectivity index is 2.04. The Morgan fingerprint density at radius 2 is 1.82 bits per heavy atom. The molecule has 3 heteroatoms. The van der Waals surface area contributed by atoms with Crippen LogP contribution in [-0.4, -0.2) is 36.1 Å². The predicted octanol–water partition coefficient (Wildman–Crippen LogP) is 1.86. The van der Waals surface area contributed by atoms with Gasteiger partial charge in [-0.2, -0.15) is 0 Å². The van der Waals surface area contributed by atoms with E-state index in [1.165, 1.54) is 0 Å². The van der Waals surface area contributed by atoms with Crippen molar-refractivity contribution in [2.45, 2.75) is 32.4 Å². The number of hydrogen-bond acceptors (Lipinski definition) is 2. The number of amides is 1. The van der Waals surface area contributed by atoms with Gasteiger partial charge in [0.2, 0.25) is 5.91 Å². The van der Waals surface area contributed by atoms with Crippen LogP contribution in [0.5, 0.6) is 0 Å². The minimum atomic E-state index is 0.176. The van der Waals surface area contributed by atoms with Crippen molar-refractivity contribution in [3.8, 4) is 0 Å². The molecule has 1 amide bonds. The second-order valence-corrected chi connectivity index (χ2v) is 4.70. The smallest absolute Gasteiger partial charge is 0.227 e. The van der Waals surface area contributed by atoms with E-state index >= 15 is 0 Å². The van der Waals surface area contributed by atoms with Gasteiger partial charge in [0.1, 0.15) is 0 Å². The normalized spacial score (nSPS) is 24.7. The van der Waals surface area contributed by atoms with Crippen LogP contribution in [0, 0.1) is 0 Å². The summed E-state index contributed by atoms with van der Waals surface area (Å²) in [6.45, 7) is 5.37. The van der Waals surface area contributed by atoms with Gasteiger partial charge in [-0.3, -0.25) is 4.79 Å². The first-order valence-corrected chi connectivity index (χ1v) is 6.11. The van der Waals surface area contributed by atoms with Crippen molar-refractivity contribution in [2.24, 2.45) is 0 Å². The zero-order valence-corrected chi connectivity index (χ0v) is 10.4. The molecule has 0 radical (unpaired) electrons. The molecule has 0 spiro atoms. The van der Waals surface area contributed by atoms with Crippen molar-refractivity contribution in [3.63, 3.8) is 0 Å². The SMILES string of the molecule is CC1COCC(C)N1C(=O)Cc1ccccc1. The zero-order valence-electron chi connectivity index (χ0n) is 10.4. The first kappa shape index (κ1) is 12.1. The molecular weight excluding hydrogens is 214 g/mol. The Kier molecular flexibility index (Phi) is 3.79. The van der Waals surface area contributed by atoms with Crippen molar-refractivity contribution < 1.29 is 9.53 Å². The molecule has 0 aromatic heterocycles. The number of hydrogen-bond donors (Lipinski definition) is 0. The summed E-state index contributed by atoms with van der Waals surface area (Å²) in [4.78, 5) is 14.2. The lowest BCUT2D eigenvalue weighted by Crippen LogP contribution is -2.53. The van der Waals surface area contributed by atoms with E-state index < -0.39 is 0 Å². The molecule has 17 heavy (non-hydrogen) atoms. The summed E-state index contributed by atoms with van der Waals surface area (Å²) in [6.07, 6.45) is 0.482. The van der Waals surface area contributed by atoms with Crippen LogP contribution in [0.3, 0.4) is 0 Å². The number of morpholine rings is 1. The molecule has 1 aromatic carbocycles. The van der Waals surface area contributed by atoms with Crippen LogP contribution in [0.1, 0.15) is 19.4 Å². The standard InChI is InChI=1S/C14H19NO2/c1-11-9-17-10-12(2)15(11)14(16)8-13-6-4-3-5-7-13/h3-7,11-12H,8-10H2,1-2H3. The summed E-state index contributed by atoms with van der Waals surface area (Å²) >= 11 is 0. The van der Waals surface area contributed by atoms with Gasteiger partial charge in [-0.15, -0.1) is 0 Å². The summed E-state index contributed by atoms with van der Waals surface area (Å²) in [7, 11) is 0. The molecule has 1 fully saturated rings. The Bertz CT molecular complexity index is 367. The highest BCUT2D eigenvalue weighted by atomic mass is 16.5. The monoisotopic (exact) mass is 233 g/mol. The number of carbonyl (C=O) groups excluding carboxylic acids is 1. The molecule has 1 saturated heterocycles. The number of carbonyl (C=O) groups is 1. The molecule has 0 aliphatic carbocycles. The topological polar surface area (TPSA) is 29.5 Å². The van der Waals surface area contributed by atoms with Crippen molar-refractivity contribution in [1.29, 1.82) is 0 Å². The highest BCUT2D eigenvalue weighted by Crippen LogP contribution is 2.15. The van der Waals surface area contributed by atoms with E-state index in [0.717, 1.165) is 5.56 Å². The minimum absolute atomic E-state index is 0.176. The van der Waals surface area contributed by atoms with Gasteiger partial charge in [-0.25, -0.2) is 0 Å². The Morgan fingerprint density at radius 1 is 1.24 bits per heavy atom. The second kappa shape index (κ2) is 5.32. The molecule has 1 aliphatic rings. The summed E-state index contributed by atoms with van der Waals surface area (Å²) in [6, 6.07) is 10.2. The maximum Gasteiger partial charge on any atom is 0.227 e. The molecular formula is C14H19NO2. The van der Waals surface area contributed by atoms with Gasteiger partial charge in [0.05, 0.1) is 31.7 Å². The Hall–Kier alpha value is -1.35. The lowest BCUT2D eigenvalue weighted by Gasteiger charge is -2.38. The Morgan fingerprint density at radius 3 is 2.41 bits per heavy atom. The molecule has 0 N–H and O–H groups in total. The van der Waals surface area contributed by atoms with E-state index in [1.807, 2.05) is 49.1 Å². The lowest BCUT2D eigenvalue weighted by atomic mass is 10.1. The van der Waals surface area contributed by atoms with E-state index in [0.29, 0.717) is 19.6 Å². The van der Waals surface area contributed by atoms with Gasteiger partial charge in [0.15, 0.2) is 0 Å². The minimum Gasteiger partial charge on any atom is -0.377 e. The quantitative estimate of drug-likeness (QED) is 0.780. The molecule has 0 bridgehead atoms. The summed E-state index contributed by atoms with van der Waals surface area (Å²) in [5.41, 5.74) is 1.07. The first-order chi connectivity index (χ1) is 8.18. The van der Waals surface area contributed by atoms with Gasteiger partial charge >= 0.3 is 0 Å². The number of ether oxygens (including phenoxy) is 1. The average molecular weight is 233 g/mol. The van der Waals surface area contributed by atoms with Crippen LogP contribution in [0.4, 0.5) is 0 Å². The third-order valence-corrected chi connectivity index (χ3v) is 3.15. The van der Waals surface area contributed by atoms with Crippen LogP contribution in [0.25, 0.3) is 0 Å². The fourth-order valence-electron chi connectivity index (χ4n) is 2.36. The summed E-state index contributed by atoms with van der Waals surface area (Å²) in [5.74, 6) is 0.194. The van der Waals surface area contributed by atoms with Gasteiger partial charge < -0.3 is 9.64 Å². The van der Waals surface area contributed by atoms with Gasteiger partial charge in [-0.1, -0.05) is 30.3 Å². The second-order valence-electron chi connectivity index (χ2n) is 4.70. The van der Waals surface area contributed by atoms with E-state index in [2.05, 4.69) is 0 Å². The predicted molar refractivity (Wildman–Crippen MR) is 66.7 cm³/mol. The molecule has 1 aromatic rings. The van der Waals surface area contributed by atoms with E-state index in [4.69, 9.17) is 4.74 Å². The molecule has 92 valence electrons. The molecule has 0 saturated carbocycles. The summed E-state index contributed by atoms with van der Waals surface area (Å²) < 4.78 is 5.43. The van der Waals surface area contributed by atoms with Gasteiger partial charge in [0.25, 0.3) is 0 Å². The maximum absolute atomic E-state index is 12.3.